The highest BCUT2D eigenvalue weighted by Crippen LogP contribution is 2.30. The van der Waals surface area contributed by atoms with Crippen LogP contribution in [0.1, 0.15) is 111 Å². The first-order valence-corrected chi connectivity index (χ1v) is 17.6. The zero-order valence-corrected chi connectivity index (χ0v) is 29.1. The average molecular weight is 685 g/mol. The summed E-state index contributed by atoms with van der Waals surface area (Å²) in [7, 11) is 1.16. The summed E-state index contributed by atoms with van der Waals surface area (Å²) in [6.45, 7) is 5.03. The topological polar surface area (TPSA) is 71.1 Å². The van der Waals surface area contributed by atoms with Gasteiger partial charge in [-0.05, 0) is 92.1 Å². The van der Waals surface area contributed by atoms with Crippen molar-refractivity contribution >= 4 is 11.9 Å². The largest absolute Gasteiger partial charge is 0.446 e. The van der Waals surface area contributed by atoms with Crippen LogP contribution < -0.4 is 4.74 Å². The lowest BCUT2D eigenvalue weighted by molar-refractivity contribution is -0.234. The van der Waals surface area contributed by atoms with Crippen LogP contribution in [0.25, 0.3) is 11.1 Å². The highest BCUT2D eigenvalue weighted by molar-refractivity contribution is 5.92. The quantitative estimate of drug-likeness (QED) is 0.0596. The summed E-state index contributed by atoms with van der Waals surface area (Å²) in [5, 5.41) is 0. The lowest BCUT2D eigenvalue weighted by Crippen LogP contribution is -2.44. The molecule has 0 saturated heterocycles. The molecule has 0 fully saturated rings. The van der Waals surface area contributed by atoms with Crippen molar-refractivity contribution in [3.63, 3.8) is 0 Å². The van der Waals surface area contributed by atoms with Gasteiger partial charge in [-0.25, -0.2) is 9.59 Å². The number of esters is 2. The van der Waals surface area contributed by atoms with Crippen LogP contribution in [-0.2, 0) is 20.6 Å². The average Bonchev–Trinajstić information content (AvgIpc) is 3.10. The first-order chi connectivity index (χ1) is 23.7. The molecule has 0 N–H and O–H groups in total. The van der Waals surface area contributed by atoms with Crippen molar-refractivity contribution in [3.8, 4) is 16.9 Å². The predicted molar refractivity (Wildman–Crippen MR) is 186 cm³/mol. The summed E-state index contributed by atoms with van der Waals surface area (Å²) in [4.78, 5) is 25.4. The lowest BCUT2D eigenvalue weighted by Gasteiger charge is -2.27. The Kier molecular flexibility index (Phi) is 17.4. The van der Waals surface area contributed by atoms with E-state index in [1.165, 1.54) is 81.2 Å². The van der Waals surface area contributed by atoms with Crippen LogP contribution in [0.2, 0.25) is 0 Å². The van der Waals surface area contributed by atoms with Gasteiger partial charge in [-0.1, -0.05) is 88.3 Å². The standard InChI is InChI=1S/C40H51F3O6/c1-4-6-7-8-9-10-11-12-15-30-17-19-31(20-18-30)32-21-23-33(24-22-32)38(44)48-35-27-25-34(26-28-35)39(45)49-37(40(41,42)43)36(46-3)16-13-14-29-47-5-2/h17-28,36-37H,4-16,29H2,1-3H3/t36-,37+/m1/s1. The number of alkyl halides is 3. The number of rotatable bonds is 22. The summed E-state index contributed by atoms with van der Waals surface area (Å²) in [5.74, 6) is -1.63. The molecule has 49 heavy (non-hydrogen) atoms. The number of aryl methyl sites for hydroxylation is 1. The second-order valence-electron chi connectivity index (χ2n) is 12.2. The molecule has 0 aliphatic rings. The highest BCUT2D eigenvalue weighted by atomic mass is 19.4. The van der Waals surface area contributed by atoms with Gasteiger partial charge in [-0.2, -0.15) is 13.2 Å². The fourth-order valence-corrected chi connectivity index (χ4v) is 5.57. The van der Waals surface area contributed by atoms with Crippen LogP contribution in [0, 0.1) is 0 Å². The summed E-state index contributed by atoms with van der Waals surface area (Å²) in [6, 6.07) is 20.7. The number of hydrogen-bond donors (Lipinski definition) is 0. The third-order valence-corrected chi connectivity index (χ3v) is 8.46. The fourth-order valence-electron chi connectivity index (χ4n) is 5.57. The molecule has 3 aromatic carbocycles. The van der Waals surface area contributed by atoms with Gasteiger partial charge in [-0.15, -0.1) is 0 Å². The van der Waals surface area contributed by atoms with E-state index in [-0.39, 0.29) is 17.7 Å². The number of ether oxygens (including phenoxy) is 4. The van der Waals surface area contributed by atoms with Crippen LogP contribution in [0.4, 0.5) is 13.2 Å². The smallest absolute Gasteiger partial charge is 0.428 e. The van der Waals surface area contributed by atoms with Crippen molar-refractivity contribution < 1.29 is 41.7 Å². The molecule has 3 aromatic rings. The third-order valence-electron chi connectivity index (χ3n) is 8.46. The Balaban J connectivity index is 1.50. The molecule has 9 heteroatoms. The molecule has 0 radical (unpaired) electrons. The Labute approximate surface area is 289 Å². The number of hydrogen-bond acceptors (Lipinski definition) is 6. The van der Waals surface area contributed by atoms with E-state index in [0.29, 0.717) is 31.6 Å². The number of methoxy groups -OCH3 is 1. The van der Waals surface area contributed by atoms with E-state index in [1.807, 2.05) is 19.1 Å². The first kappa shape index (κ1) is 39.7. The number of halogens is 3. The Hall–Kier alpha value is -3.69. The molecule has 0 heterocycles. The zero-order valence-electron chi connectivity index (χ0n) is 29.1. The Morgan fingerprint density at radius 3 is 1.80 bits per heavy atom. The van der Waals surface area contributed by atoms with E-state index in [4.69, 9.17) is 18.9 Å². The molecule has 0 saturated carbocycles. The highest BCUT2D eigenvalue weighted by Gasteiger charge is 2.48. The summed E-state index contributed by atoms with van der Waals surface area (Å²) < 4.78 is 62.1. The summed E-state index contributed by atoms with van der Waals surface area (Å²) in [6.07, 6.45) is 3.86. The normalized spacial score (nSPS) is 12.8. The van der Waals surface area contributed by atoms with Gasteiger partial charge in [0.1, 0.15) is 11.9 Å². The van der Waals surface area contributed by atoms with E-state index < -0.39 is 30.3 Å². The molecule has 3 rings (SSSR count). The maximum atomic E-state index is 13.8. The summed E-state index contributed by atoms with van der Waals surface area (Å²) in [5.41, 5.74) is 3.55. The second-order valence-corrected chi connectivity index (χ2v) is 12.2. The molecule has 0 amide bonds. The predicted octanol–water partition coefficient (Wildman–Crippen LogP) is 10.6. The molecule has 0 aromatic heterocycles. The van der Waals surface area contributed by atoms with Crippen molar-refractivity contribution in [2.75, 3.05) is 20.3 Å². The molecule has 0 bridgehead atoms. The molecule has 0 unspecified atom stereocenters. The van der Waals surface area contributed by atoms with Crippen molar-refractivity contribution in [2.45, 2.75) is 109 Å². The molecule has 6 nitrogen and oxygen atoms in total. The van der Waals surface area contributed by atoms with E-state index >= 15 is 0 Å². The Bertz CT molecular complexity index is 1370. The lowest BCUT2D eigenvalue weighted by atomic mass is 10.00. The monoisotopic (exact) mass is 684 g/mol. The van der Waals surface area contributed by atoms with E-state index in [9.17, 15) is 22.8 Å². The van der Waals surface area contributed by atoms with E-state index in [2.05, 4.69) is 31.2 Å². The number of carbonyl (C=O) groups is 2. The maximum absolute atomic E-state index is 13.8. The fraction of sp³-hybridized carbons (Fsp3) is 0.500. The number of benzene rings is 3. The number of carbonyl (C=O) groups excluding carboxylic acids is 2. The van der Waals surface area contributed by atoms with Crippen molar-refractivity contribution in [1.29, 1.82) is 0 Å². The van der Waals surface area contributed by atoms with Crippen molar-refractivity contribution in [2.24, 2.45) is 0 Å². The van der Waals surface area contributed by atoms with Gasteiger partial charge in [0.05, 0.1) is 11.1 Å². The molecular formula is C40H51F3O6. The third kappa shape index (κ3) is 14.0. The van der Waals surface area contributed by atoms with Gasteiger partial charge < -0.3 is 18.9 Å². The molecule has 268 valence electrons. The first-order valence-electron chi connectivity index (χ1n) is 17.6. The minimum atomic E-state index is -4.82. The van der Waals surface area contributed by atoms with E-state index in [1.54, 1.807) is 12.1 Å². The minimum Gasteiger partial charge on any atom is -0.446 e. The summed E-state index contributed by atoms with van der Waals surface area (Å²) >= 11 is 0. The van der Waals surface area contributed by atoms with Crippen LogP contribution in [0.3, 0.4) is 0 Å². The molecular weight excluding hydrogens is 633 g/mol. The number of unbranched alkanes of at least 4 members (excludes halogenated alkanes) is 8. The van der Waals surface area contributed by atoms with Crippen molar-refractivity contribution in [1.82, 2.24) is 0 Å². The minimum absolute atomic E-state index is 0.0442. The second kappa shape index (κ2) is 21.4. The molecule has 2 atom stereocenters. The Morgan fingerprint density at radius 1 is 0.673 bits per heavy atom. The van der Waals surface area contributed by atoms with Crippen LogP contribution in [0.5, 0.6) is 5.75 Å². The van der Waals surface area contributed by atoms with Gasteiger partial charge in [0, 0.05) is 20.3 Å². The maximum Gasteiger partial charge on any atom is 0.428 e. The van der Waals surface area contributed by atoms with Crippen LogP contribution in [0.15, 0.2) is 72.8 Å². The van der Waals surface area contributed by atoms with E-state index in [0.717, 1.165) is 24.7 Å². The van der Waals surface area contributed by atoms with Crippen LogP contribution in [-0.4, -0.2) is 50.6 Å². The molecule has 0 spiro atoms. The SMILES string of the molecule is CCCCCCCCCCc1ccc(-c2ccc(C(=O)Oc3ccc(C(=O)O[C@@H]([C@@H](CCCCOCC)OC)C(F)(F)F)cc3)cc2)cc1. The van der Waals surface area contributed by atoms with Crippen LogP contribution >= 0.6 is 0 Å². The van der Waals surface area contributed by atoms with Gasteiger partial charge in [0.15, 0.2) is 0 Å². The van der Waals surface area contributed by atoms with Gasteiger partial charge >= 0.3 is 18.1 Å². The zero-order chi connectivity index (χ0) is 35.5. The Morgan fingerprint density at radius 2 is 1.22 bits per heavy atom. The van der Waals surface area contributed by atoms with Crippen molar-refractivity contribution in [3.05, 3.63) is 89.5 Å². The van der Waals surface area contributed by atoms with Gasteiger partial charge in [0.25, 0.3) is 0 Å². The molecule has 0 aliphatic heterocycles. The van der Waals surface area contributed by atoms with Gasteiger partial charge in [0.2, 0.25) is 6.10 Å². The van der Waals surface area contributed by atoms with Gasteiger partial charge in [-0.3, -0.25) is 0 Å². The molecule has 0 aliphatic carbocycles.